The molecule has 2 aromatic rings. The van der Waals surface area contributed by atoms with E-state index in [0.717, 1.165) is 11.3 Å². The Labute approximate surface area is 130 Å². The molecule has 1 amide bonds. The van der Waals surface area contributed by atoms with Gasteiger partial charge < -0.3 is 19.4 Å². The fraction of sp³-hybridized carbons (Fsp3) is 0.471. The minimum Gasteiger partial charge on any atom is -0.487 e. The lowest BCUT2D eigenvalue weighted by atomic mass is 10.1. The van der Waals surface area contributed by atoms with Crippen molar-refractivity contribution in [3.8, 4) is 5.75 Å². The number of likely N-dealkylation sites (tertiary alicyclic amines) is 1. The van der Waals surface area contributed by atoms with Gasteiger partial charge in [0.2, 0.25) is 0 Å². The van der Waals surface area contributed by atoms with E-state index in [2.05, 4.69) is 11.9 Å². The van der Waals surface area contributed by atoms with E-state index in [9.17, 15) is 4.79 Å². The second-order valence-electron chi connectivity index (χ2n) is 6.80. The van der Waals surface area contributed by atoms with Crippen molar-refractivity contribution in [1.82, 2.24) is 9.88 Å². The third-order valence-corrected chi connectivity index (χ3v) is 3.66. The zero-order valence-electron chi connectivity index (χ0n) is 13.5. The van der Waals surface area contributed by atoms with Crippen LogP contribution in [0.3, 0.4) is 0 Å². The summed E-state index contributed by atoms with van der Waals surface area (Å²) in [6, 6.07) is 6.01. The van der Waals surface area contributed by atoms with Crippen LogP contribution in [0.5, 0.6) is 5.75 Å². The van der Waals surface area contributed by atoms with Crippen LogP contribution in [0.15, 0.2) is 24.4 Å². The molecule has 3 rings (SSSR count). The van der Waals surface area contributed by atoms with Gasteiger partial charge in [-0.1, -0.05) is 0 Å². The number of amides is 1. The van der Waals surface area contributed by atoms with Crippen molar-refractivity contribution >= 4 is 17.0 Å². The van der Waals surface area contributed by atoms with Crippen LogP contribution in [0.25, 0.3) is 10.9 Å². The van der Waals surface area contributed by atoms with Gasteiger partial charge in [0.05, 0.1) is 13.1 Å². The summed E-state index contributed by atoms with van der Waals surface area (Å²) < 4.78 is 11.3. The zero-order chi connectivity index (χ0) is 15.9. The average molecular weight is 302 g/mol. The van der Waals surface area contributed by atoms with Gasteiger partial charge in [0.1, 0.15) is 17.5 Å². The molecule has 1 fully saturated rings. The van der Waals surface area contributed by atoms with Crippen LogP contribution in [0.1, 0.15) is 26.3 Å². The molecule has 0 atom stereocenters. The van der Waals surface area contributed by atoms with Crippen molar-refractivity contribution < 1.29 is 14.3 Å². The predicted molar refractivity (Wildman–Crippen MR) is 85.3 cm³/mol. The lowest BCUT2D eigenvalue weighted by Crippen LogP contribution is -2.57. The number of hydrogen-bond acceptors (Lipinski definition) is 3. The number of aromatic amines is 1. The topological polar surface area (TPSA) is 54.6 Å². The Bertz CT molecular complexity index is 693. The van der Waals surface area contributed by atoms with E-state index in [4.69, 9.17) is 9.47 Å². The molecule has 0 bridgehead atoms. The number of carbonyl (C=O) groups excluding carboxylic acids is 1. The third-order valence-electron chi connectivity index (χ3n) is 3.66. The maximum absolute atomic E-state index is 11.9. The summed E-state index contributed by atoms with van der Waals surface area (Å²) in [5, 5.41) is 1.17. The standard InChI is InChI=1S/C17H22N2O3/c1-11-8-18-15-6-5-12(7-14(11)15)21-13-9-19(10-13)16(20)22-17(2,3)4/h5-8,13,18H,9-10H2,1-4H3. The van der Waals surface area contributed by atoms with Crippen molar-refractivity contribution in [3.63, 3.8) is 0 Å². The zero-order valence-corrected chi connectivity index (χ0v) is 13.5. The largest absolute Gasteiger partial charge is 0.487 e. The molecule has 118 valence electrons. The quantitative estimate of drug-likeness (QED) is 0.924. The highest BCUT2D eigenvalue weighted by Crippen LogP contribution is 2.26. The van der Waals surface area contributed by atoms with E-state index in [0.29, 0.717) is 13.1 Å². The number of H-pyrrole nitrogens is 1. The van der Waals surface area contributed by atoms with Gasteiger partial charge in [0.15, 0.2) is 0 Å². The minimum absolute atomic E-state index is 0.0317. The van der Waals surface area contributed by atoms with E-state index in [-0.39, 0.29) is 12.2 Å². The molecule has 1 aromatic heterocycles. The average Bonchev–Trinajstić information content (AvgIpc) is 2.73. The molecule has 0 radical (unpaired) electrons. The first kappa shape index (κ1) is 14.8. The summed E-state index contributed by atoms with van der Waals surface area (Å²) >= 11 is 0. The van der Waals surface area contributed by atoms with Crippen molar-refractivity contribution in [2.24, 2.45) is 0 Å². The van der Waals surface area contributed by atoms with Crippen LogP contribution in [-0.4, -0.2) is 40.8 Å². The number of rotatable bonds is 2. The third kappa shape index (κ3) is 3.03. The second-order valence-corrected chi connectivity index (χ2v) is 6.80. The SMILES string of the molecule is Cc1c[nH]c2ccc(OC3CN(C(=O)OC(C)(C)C)C3)cc12. The summed E-state index contributed by atoms with van der Waals surface area (Å²) in [5.74, 6) is 0.837. The predicted octanol–water partition coefficient (Wildman–Crippen LogP) is 3.47. The maximum atomic E-state index is 11.9. The highest BCUT2D eigenvalue weighted by molar-refractivity contribution is 5.84. The van der Waals surface area contributed by atoms with Gasteiger partial charge in [-0.05, 0) is 51.5 Å². The van der Waals surface area contributed by atoms with Gasteiger partial charge in [-0.25, -0.2) is 4.79 Å². The second kappa shape index (κ2) is 5.23. The summed E-state index contributed by atoms with van der Waals surface area (Å²) in [4.78, 5) is 16.7. The Balaban J connectivity index is 1.57. The number of fused-ring (bicyclic) bond motifs is 1. The first-order chi connectivity index (χ1) is 10.3. The van der Waals surface area contributed by atoms with Crippen molar-refractivity contribution in [1.29, 1.82) is 0 Å². The molecular weight excluding hydrogens is 280 g/mol. The smallest absolute Gasteiger partial charge is 0.410 e. The number of hydrogen-bond donors (Lipinski definition) is 1. The fourth-order valence-electron chi connectivity index (χ4n) is 2.49. The highest BCUT2D eigenvalue weighted by Gasteiger charge is 2.35. The van der Waals surface area contributed by atoms with Crippen LogP contribution in [0.4, 0.5) is 4.79 Å². The van der Waals surface area contributed by atoms with Crippen LogP contribution in [0, 0.1) is 6.92 Å². The van der Waals surface area contributed by atoms with Gasteiger partial charge in [-0.15, -0.1) is 0 Å². The number of benzene rings is 1. The molecule has 1 aliphatic rings. The number of aryl methyl sites for hydroxylation is 1. The van der Waals surface area contributed by atoms with E-state index >= 15 is 0 Å². The van der Waals surface area contributed by atoms with E-state index in [1.807, 2.05) is 45.2 Å². The summed E-state index contributed by atoms with van der Waals surface area (Å²) in [7, 11) is 0. The molecule has 1 N–H and O–H groups in total. The van der Waals surface area contributed by atoms with Crippen LogP contribution in [0.2, 0.25) is 0 Å². The molecule has 0 saturated carbocycles. The molecule has 1 aliphatic heterocycles. The Hall–Kier alpha value is -2.17. The summed E-state index contributed by atoms with van der Waals surface area (Å²) in [6.45, 7) is 8.81. The van der Waals surface area contributed by atoms with Gasteiger partial charge in [0.25, 0.3) is 0 Å². The van der Waals surface area contributed by atoms with Crippen molar-refractivity contribution in [2.45, 2.75) is 39.4 Å². The van der Waals surface area contributed by atoms with E-state index in [1.54, 1.807) is 4.90 Å². The Morgan fingerprint density at radius 3 is 2.73 bits per heavy atom. The van der Waals surface area contributed by atoms with Gasteiger partial charge >= 0.3 is 6.09 Å². The molecule has 0 spiro atoms. The van der Waals surface area contributed by atoms with Gasteiger partial charge in [0, 0.05) is 17.1 Å². The number of nitrogens with zero attached hydrogens (tertiary/aromatic N) is 1. The van der Waals surface area contributed by atoms with E-state index < -0.39 is 5.60 Å². The maximum Gasteiger partial charge on any atom is 0.410 e. The minimum atomic E-state index is -0.458. The number of aromatic nitrogens is 1. The molecule has 5 heteroatoms. The molecular formula is C17H22N2O3. The Kier molecular flexibility index (Phi) is 3.51. The first-order valence-electron chi connectivity index (χ1n) is 7.54. The van der Waals surface area contributed by atoms with Crippen LogP contribution >= 0.6 is 0 Å². The molecule has 5 nitrogen and oxygen atoms in total. The number of ether oxygens (including phenoxy) is 2. The van der Waals surface area contributed by atoms with Crippen LogP contribution in [-0.2, 0) is 4.74 Å². The Morgan fingerprint density at radius 2 is 2.05 bits per heavy atom. The molecule has 1 saturated heterocycles. The Morgan fingerprint density at radius 1 is 1.32 bits per heavy atom. The highest BCUT2D eigenvalue weighted by atomic mass is 16.6. The van der Waals surface area contributed by atoms with E-state index in [1.165, 1.54) is 10.9 Å². The first-order valence-corrected chi connectivity index (χ1v) is 7.54. The van der Waals surface area contributed by atoms with Gasteiger partial charge in [-0.2, -0.15) is 0 Å². The summed E-state index contributed by atoms with van der Waals surface area (Å²) in [6.07, 6.45) is 1.75. The van der Waals surface area contributed by atoms with Crippen LogP contribution < -0.4 is 4.74 Å². The van der Waals surface area contributed by atoms with Crippen molar-refractivity contribution in [2.75, 3.05) is 13.1 Å². The molecule has 1 aromatic carbocycles. The number of carbonyl (C=O) groups is 1. The number of nitrogens with one attached hydrogen (secondary N) is 1. The normalized spacial score (nSPS) is 15.7. The van der Waals surface area contributed by atoms with Crippen molar-refractivity contribution in [3.05, 3.63) is 30.0 Å². The molecule has 2 heterocycles. The molecule has 0 unspecified atom stereocenters. The lowest BCUT2D eigenvalue weighted by Gasteiger charge is -2.39. The summed E-state index contributed by atoms with van der Waals surface area (Å²) in [5.41, 5.74) is 1.85. The van der Waals surface area contributed by atoms with Gasteiger partial charge in [-0.3, -0.25) is 0 Å². The fourth-order valence-corrected chi connectivity index (χ4v) is 2.49. The molecule has 0 aliphatic carbocycles. The molecule has 22 heavy (non-hydrogen) atoms. The lowest BCUT2D eigenvalue weighted by molar-refractivity contribution is -0.0221. The monoisotopic (exact) mass is 302 g/mol.